The van der Waals surface area contributed by atoms with Crippen LogP contribution in [0.15, 0.2) is 18.2 Å². The molecular weight excluding hydrogens is 302 g/mol. The topological polar surface area (TPSA) is 53.9 Å². The Hall–Kier alpha value is -1.88. The summed E-state index contributed by atoms with van der Waals surface area (Å²) in [5.74, 6) is 0.680. The van der Waals surface area contributed by atoms with E-state index in [0.717, 1.165) is 41.2 Å². The monoisotopic (exact) mass is 332 g/mol. The van der Waals surface area contributed by atoms with Crippen LogP contribution < -0.4 is 10.2 Å². The summed E-state index contributed by atoms with van der Waals surface area (Å²) in [6, 6.07) is 5.95. The molecule has 0 aromatic heterocycles. The third kappa shape index (κ3) is 5.06. The number of nitrogens with zero attached hydrogens (tertiary/aromatic N) is 1. The van der Waals surface area contributed by atoms with Crippen LogP contribution >= 0.6 is 0 Å². The van der Waals surface area contributed by atoms with Crippen LogP contribution in [0.4, 0.5) is 5.69 Å². The van der Waals surface area contributed by atoms with Gasteiger partial charge in [0.1, 0.15) is 0 Å². The standard InChI is InChI=1S/C19H29N3O2/c1-14-7-6-10-22(11-14)18(24)13-21(4)12-17(23)20-19-15(2)8-5-9-16(19)3/h5,8-9,14H,6-7,10-13H2,1-4H3,(H,20,23)/p+1/t14-/m0/s1. The highest BCUT2D eigenvalue weighted by atomic mass is 16.2. The molecule has 1 aromatic rings. The fourth-order valence-electron chi connectivity index (χ4n) is 3.32. The van der Waals surface area contributed by atoms with Crippen molar-refractivity contribution in [2.24, 2.45) is 5.92 Å². The van der Waals surface area contributed by atoms with E-state index in [4.69, 9.17) is 0 Å². The minimum atomic E-state index is -0.0512. The molecule has 1 saturated heterocycles. The average Bonchev–Trinajstić information content (AvgIpc) is 2.51. The molecule has 2 amide bonds. The SMILES string of the molecule is Cc1cccc(C)c1NC(=O)C[NH+](C)CC(=O)N1CCC[C@H](C)C1. The predicted octanol–water partition coefficient (Wildman–Crippen LogP) is 1.02. The number of rotatable bonds is 5. The van der Waals surface area contributed by atoms with Crippen LogP contribution in [0.1, 0.15) is 30.9 Å². The first kappa shape index (κ1) is 18.5. The largest absolute Gasteiger partial charge is 0.338 e. The lowest BCUT2D eigenvalue weighted by molar-refractivity contribution is -0.862. The van der Waals surface area contributed by atoms with E-state index in [2.05, 4.69) is 12.2 Å². The molecular formula is C19H30N3O2+. The molecule has 1 heterocycles. The summed E-state index contributed by atoms with van der Waals surface area (Å²) in [4.78, 5) is 27.5. The fraction of sp³-hybridized carbons (Fsp3) is 0.579. The predicted molar refractivity (Wildman–Crippen MR) is 96.1 cm³/mol. The Kier molecular flexibility index (Phi) is 6.37. The number of carbonyl (C=O) groups excluding carboxylic acids is 2. The van der Waals surface area contributed by atoms with E-state index < -0.39 is 0 Å². The highest BCUT2D eigenvalue weighted by Crippen LogP contribution is 2.19. The molecule has 2 atom stereocenters. The maximum atomic E-state index is 12.4. The number of benzene rings is 1. The van der Waals surface area contributed by atoms with Crippen LogP contribution in [0, 0.1) is 19.8 Å². The van der Waals surface area contributed by atoms with Crippen molar-refractivity contribution >= 4 is 17.5 Å². The number of hydrogen-bond acceptors (Lipinski definition) is 2. The minimum absolute atomic E-state index is 0.0512. The quantitative estimate of drug-likeness (QED) is 0.846. The van der Waals surface area contributed by atoms with Crippen molar-refractivity contribution in [1.29, 1.82) is 0 Å². The summed E-state index contributed by atoms with van der Waals surface area (Å²) in [5.41, 5.74) is 2.99. The van der Waals surface area contributed by atoms with Gasteiger partial charge < -0.3 is 15.1 Å². The molecule has 1 fully saturated rings. The Morgan fingerprint density at radius 1 is 1.25 bits per heavy atom. The van der Waals surface area contributed by atoms with Gasteiger partial charge in [-0.25, -0.2) is 0 Å². The van der Waals surface area contributed by atoms with E-state index in [9.17, 15) is 9.59 Å². The van der Waals surface area contributed by atoms with Gasteiger partial charge in [-0.3, -0.25) is 9.59 Å². The van der Waals surface area contributed by atoms with Crippen molar-refractivity contribution in [1.82, 2.24) is 4.90 Å². The van der Waals surface area contributed by atoms with Crippen molar-refractivity contribution in [2.75, 3.05) is 38.5 Å². The van der Waals surface area contributed by atoms with E-state index in [1.807, 2.05) is 44.0 Å². The van der Waals surface area contributed by atoms with Gasteiger partial charge in [-0.1, -0.05) is 25.1 Å². The first-order valence-electron chi connectivity index (χ1n) is 8.82. The molecule has 2 N–H and O–H groups in total. The van der Waals surface area contributed by atoms with Crippen molar-refractivity contribution in [2.45, 2.75) is 33.6 Å². The highest BCUT2D eigenvalue weighted by Gasteiger charge is 2.24. The van der Waals surface area contributed by atoms with E-state index in [-0.39, 0.29) is 11.8 Å². The number of piperidine rings is 1. The van der Waals surface area contributed by atoms with E-state index in [1.54, 1.807) is 0 Å². The van der Waals surface area contributed by atoms with Crippen LogP contribution in [-0.2, 0) is 9.59 Å². The number of para-hydroxylation sites is 1. The first-order chi connectivity index (χ1) is 11.4. The zero-order valence-electron chi connectivity index (χ0n) is 15.3. The van der Waals surface area contributed by atoms with Crippen molar-refractivity contribution in [3.63, 3.8) is 0 Å². The van der Waals surface area contributed by atoms with Gasteiger partial charge in [0.2, 0.25) is 0 Å². The second kappa shape index (κ2) is 8.29. The van der Waals surface area contributed by atoms with Gasteiger partial charge in [0.05, 0.1) is 7.05 Å². The molecule has 0 aliphatic carbocycles. The van der Waals surface area contributed by atoms with Crippen molar-refractivity contribution in [3.05, 3.63) is 29.3 Å². The summed E-state index contributed by atoms with van der Waals surface area (Å²) < 4.78 is 0. The zero-order valence-corrected chi connectivity index (χ0v) is 15.3. The Morgan fingerprint density at radius 3 is 2.54 bits per heavy atom. The lowest BCUT2D eigenvalue weighted by Gasteiger charge is -2.31. The van der Waals surface area contributed by atoms with Gasteiger partial charge in [0.25, 0.3) is 11.8 Å². The summed E-state index contributed by atoms with van der Waals surface area (Å²) in [6.45, 7) is 8.52. The molecule has 5 heteroatoms. The van der Waals surface area contributed by atoms with Crippen LogP contribution in [-0.4, -0.2) is 49.9 Å². The third-order valence-electron chi connectivity index (χ3n) is 4.67. The first-order valence-corrected chi connectivity index (χ1v) is 8.82. The summed E-state index contributed by atoms with van der Waals surface area (Å²) in [5, 5.41) is 2.98. The van der Waals surface area contributed by atoms with E-state index >= 15 is 0 Å². The van der Waals surface area contributed by atoms with Gasteiger partial charge in [0.15, 0.2) is 13.1 Å². The average molecular weight is 332 g/mol. The van der Waals surface area contributed by atoms with E-state index in [0.29, 0.717) is 19.0 Å². The highest BCUT2D eigenvalue weighted by molar-refractivity contribution is 5.93. The summed E-state index contributed by atoms with van der Waals surface area (Å²) in [6.07, 6.45) is 2.28. The number of likely N-dealkylation sites (tertiary alicyclic amines) is 1. The molecule has 2 rings (SSSR count). The van der Waals surface area contributed by atoms with Crippen molar-refractivity contribution in [3.8, 4) is 0 Å². The zero-order chi connectivity index (χ0) is 17.7. The normalized spacial score (nSPS) is 19.0. The molecule has 132 valence electrons. The summed E-state index contributed by atoms with van der Waals surface area (Å²) >= 11 is 0. The Bertz CT molecular complexity index is 580. The van der Waals surface area contributed by atoms with Crippen molar-refractivity contribution < 1.29 is 14.5 Å². The molecule has 1 aliphatic heterocycles. The maximum absolute atomic E-state index is 12.4. The Balaban J connectivity index is 1.84. The Labute approximate surface area is 145 Å². The third-order valence-corrected chi connectivity index (χ3v) is 4.67. The number of aryl methyl sites for hydroxylation is 2. The Morgan fingerprint density at radius 2 is 1.92 bits per heavy atom. The molecule has 1 aliphatic rings. The number of amides is 2. The number of carbonyl (C=O) groups is 2. The van der Waals surface area contributed by atoms with Gasteiger partial charge in [-0.2, -0.15) is 0 Å². The number of nitrogens with one attached hydrogen (secondary N) is 2. The number of hydrogen-bond donors (Lipinski definition) is 2. The van der Waals surface area contributed by atoms with Crippen LogP contribution in [0.5, 0.6) is 0 Å². The molecule has 1 aromatic carbocycles. The van der Waals surface area contributed by atoms with Gasteiger partial charge in [0, 0.05) is 18.8 Å². The molecule has 0 spiro atoms. The molecule has 0 bridgehead atoms. The molecule has 5 nitrogen and oxygen atoms in total. The second-order valence-electron chi connectivity index (χ2n) is 7.21. The number of quaternary nitrogens is 1. The second-order valence-corrected chi connectivity index (χ2v) is 7.21. The van der Waals surface area contributed by atoms with Gasteiger partial charge in [-0.05, 0) is 43.7 Å². The fourth-order valence-corrected chi connectivity index (χ4v) is 3.32. The summed E-state index contributed by atoms with van der Waals surface area (Å²) in [7, 11) is 1.90. The van der Waals surface area contributed by atoms with Crippen LogP contribution in [0.3, 0.4) is 0 Å². The van der Waals surface area contributed by atoms with Gasteiger partial charge in [-0.15, -0.1) is 0 Å². The number of likely N-dealkylation sites (N-methyl/N-ethyl adjacent to an activating group) is 1. The lowest BCUT2D eigenvalue weighted by atomic mass is 10.0. The smallest absolute Gasteiger partial charge is 0.279 e. The van der Waals surface area contributed by atoms with E-state index in [1.165, 1.54) is 6.42 Å². The van der Waals surface area contributed by atoms with Gasteiger partial charge >= 0.3 is 0 Å². The number of anilines is 1. The minimum Gasteiger partial charge on any atom is -0.338 e. The lowest BCUT2D eigenvalue weighted by Crippen LogP contribution is -3.11. The maximum Gasteiger partial charge on any atom is 0.279 e. The van der Waals surface area contributed by atoms with Crippen LogP contribution in [0.25, 0.3) is 0 Å². The van der Waals surface area contributed by atoms with Crippen LogP contribution in [0.2, 0.25) is 0 Å². The molecule has 0 saturated carbocycles. The molecule has 0 radical (unpaired) electrons. The molecule has 1 unspecified atom stereocenters. The molecule has 24 heavy (non-hydrogen) atoms.